The first kappa shape index (κ1) is 14.3. The molecule has 4 rings (SSSR count). The summed E-state index contributed by atoms with van der Waals surface area (Å²) in [6, 6.07) is 3.50. The predicted molar refractivity (Wildman–Crippen MR) is 84.0 cm³/mol. The van der Waals surface area contributed by atoms with Gasteiger partial charge in [-0.25, -0.2) is 0 Å². The number of hydrogen-bond donors (Lipinski definition) is 3. The molecule has 0 saturated heterocycles. The number of rotatable bonds is 1. The van der Waals surface area contributed by atoms with Crippen molar-refractivity contribution in [3.8, 4) is 11.1 Å². The number of aromatic nitrogens is 2. The summed E-state index contributed by atoms with van der Waals surface area (Å²) in [5.74, 6) is 0.280. The van der Waals surface area contributed by atoms with Crippen molar-refractivity contribution in [2.75, 3.05) is 0 Å². The van der Waals surface area contributed by atoms with Crippen molar-refractivity contribution in [1.82, 2.24) is 9.55 Å². The summed E-state index contributed by atoms with van der Waals surface area (Å²) in [5.41, 5.74) is 3.37. The van der Waals surface area contributed by atoms with Gasteiger partial charge in [0, 0.05) is 35.3 Å². The SMILES string of the molecule is CC(=N)n1cc(-c2cncc3c2COC2(CC2)C3O)ccc1=N. The van der Waals surface area contributed by atoms with Crippen molar-refractivity contribution < 1.29 is 9.84 Å². The van der Waals surface area contributed by atoms with Crippen LogP contribution in [0.15, 0.2) is 30.7 Å². The van der Waals surface area contributed by atoms with Crippen molar-refractivity contribution in [1.29, 1.82) is 10.8 Å². The van der Waals surface area contributed by atoms with Crippen LogP contribution in [0.1, 0.15) is 37.0 Å². The first-order valence-electron chi connectivity index (χ1n) is 7.64. The fourth-order valence-corrected chi connectivity index (χ4v) is 3.21. The van der Waals surface area contributed by atoms with E-state index in [4.69, 9.17) is 15.6 Å². The zero-order valence-corrected chi connectivity index (χ0v) is 12.8. The number of nitrogens with zero attached hydrogens (tertiary/aromatic N) is 2. The summed E-state index contributed by atoms with van der Waals surface area (Å²) in [6.45, 7) is 2.10. The molecule has 1 saturated carbocycles. The van der Waals surface area contributed by atoms with E-state index in [1.807, 2.05) is 6.07 Å². The minimum Gasteiger partial charge on any atom is -0.385 e. The van der Waals surface area contributed by atoms with Gasteiger partial charge in [0.25, 0.3) is 0 Å². The summed E-state index contributed by atoms with van der Waals surface area (Å²) in [7, 11) is 0. The summed E-state index contributed by atoms with van der Waals surface area (Å²) < 4.78 is 7.43. The summed E-state index contributed by atoms with van der Waals surface area (Å²) >= 11 is 0. The van der Waals surface area contributed by atoms with E-state index in [1.54, 1.807) is 31.6 Å². The van der Waals surface area contributed by atoms with E-state index >= 15 is 0 Å². The second-order valence-electron chi connectivity index (χ2n) is 6.27. The first-order chi connectivity index (χ1) is 11.0. The lowest BCUT2D eigenvalue weighted by Crippen LogP contribution is -2.30. The molecular weight excluding hydrogens is 292 g/mol. The average molecular weight is 310 g/mol. The molecule has 2 aliphatic rings. The highest BCUT2D eigenvalue weighted by atomic mass is 16.5. The summed E-state index contributed by atoms with van der Waals surface area (Å²) in [5, 5.41) is 26.2. The summed E-state index contributed by atoms with van der Waals surface area (Å²) in [4.78, 5) is 4.29. The van der Waals surface area contributed by atoms with E-state index in [-0.39, 0.29) is 11.3 Å². The molecule has 2 aromatic heterocycles. The van der Waals surface area contributed by atoms with Crippen LogP contribution in [-0.2, 0) is 11.3 Å². The average Bonchev–Trinajstić information content (AvgIpc) is 3.32. The van der Waals surface area contributed by atoms with Gasteiger partial charge in [-0.2, -0.15) is 0 Å². The molecule has 2 aromatic rings. The highest BCUT2D eigenvalue weighted by Crippen LogP contribution is 2.53. The molecule has 118 valence electrons. The van der Waals surface area contributed by atoms with Crippen molar-refractivity contribution >= 4 is 5.84 Å². The zero-order valence-electron chi connectivity index (χ0n) is 12.8. The maximum absolute atomic E-state index is 10.6. The molecule has 0 radical (unpaired) electrons. The van der Waals surface area contributed by atoms with Crippen LogP contribution in [0.5, 0.6) is 0 Å². The number of pyridine rings is 2. The van der Waals surface area contributed by atoms with Gasteiger partial charge in [-0.3, -0.25) is 20.4 Å². The van der Waals surface area contributed by atoms with Crippen LogP contribution in [0, 0.1) is 10.8 Å². The van der Waals surface area contributed by atoms with Gasteiger partial charge in [-0.15, -0.1) is 0 Å². The van der Waals surface area contributed by atoms with E-state index in [1.165, 1.54) is 4.57 Å². The predicted octanol–water partition coefficient (Wildman–Crippen LogP) is 1.97. The molecular formula is C17H18N4O2. The molecule has 0 bridgehead atoms. The van der Waals surface area contributed by atoms with Crippen LogP contribution >= 0.6 is 0 Å². The smallest absolute Gasteiger partial charge is 0.130 e. The highest BCUT2D eigenvalue weighted by Gasteiger charge is 2.54. The van der Waals surface area contributed by atoms with E-state index in [0.29, 0.717) is 6.61 Å². The quantitative estimate of drug-likeness (QED) is 0.555. The minimum atomic E-state index is -0.634. The molecule has 1 fully saturated rings. The van der Waals surface area contributed by atoms with Gasteiger partial charge >= 0.3 is 0 Å². The van der Waals surface area contributed by atoms with E-state index < -0.39 is 11.7 Å². The van der Waals surface area contributed by atoms with Crippen LogP contribution in [-0.4, -0.2) is 26.1 Å². The minimum absolute atomic E-state index is 0.257. The first-order valence-corrected chi connectivity index (χ1v) is 7.64. The van der Waals surface area contributed by atoms with Gasteiger partial charge < -0.3 is 9.84 Å². The topological polar surface area (TPSA) is 95.0 Å². The lowest BCUT2D eigenvalue weighted by molar-refractivity contribution is -0.0827. The molecule has 23 heavy (non-hydrogen) atoms. The second kappa shape index (κ2) is 4.84. The van der Waals surface area contributed by atoms with Crippen LogP contribution in [0.3, 0.4) is 0 Å². The maximum Gasteiger partial charge on any atom is 0.130 e. The molecule has 6 nitrogen and oxygen atoms in total. The molecule has 3 heterocycles. The lowest BCUT2D eigenvalue weighted by Gasteiger charge is -2.31. The Morgan fingerprint density at radius 3 is 2.87 bits per heavy atom. The van der Waals surface area contributed by atoms with Gasteiger partial charge in [0.1, 0.15) is 17.4 Å². The number of fused-ring (bicyclic) bond motifs is 1. The van der Waals surface area contributed by atoms with Crippen LogP contribution in [0.25, 0.3) is 11.1 Å². The van der Waals surface area contributed by atoms with Crippen molar-refractivity contribution in [2.45, 2.75) is 38.1 Å². The van der Waals surface area contributed by atoms with Crippen molar-refractivity contribution in [2.24, 2.45) is 0 Å². The molecule has 1 atom stereocenters. The lowest BCUT2D eigenvalue weighted by atomic mass is 9.91. The molecule has 1 spiro atoms. The van der Waals surface area contributed by atoms with Crippen molar-refractivity contribution in [3.63, 3.8) is 0 Å². The van der Waals surface area contributed by atoms with Gasteiger partial charge in [-0.1, -0.05) is 0 Å². The van der Waals surface area contributed by atoms with E-state index in [0.717, 1.165) is 35.1 Å². The molecule has 3 N–H and O–H groups in total. The molecule has 0 amide bonds. The third-order valence-electron chi connectivity index (χ3n) is 4.75. The molecule has 0 aromatic carbocycles. The Bertz CT molecular complexity index is 867. The number of hydrogen-bond acceptors (Lipinski definition) is 5. The Kier molecular flexibility index (Phi) is 3.01. The molecule has 6 heteroatoms. The number of aliphatic hydroxyl groups excluding tert-OH is 1. The Morgan fingerprint density at radius 1 is 1.39 bits per heavy atom. The number of aliphatic hydroxyl groups is 1. The van der Waals surface area contributed by atoms with Crippen molar-refractivity contribution in [3.05, 3.63) is 47.3 Å². The Morgan fingerprint density at radius 2 is 2.17 bits per heavy atom. The Balaban J connectivity index is 1.85. The fraction of sp³-hybridized carbons (Fsp3) is 0.353. The van der Waals surface area contributed by atoms with Gasteiger partial charge in [0.2, 0.25) is 0 Å². The highest BCUT2D eigenvalue weighted by molar-refractivity contribution is 5.80. The van der Waals surface area contributed by atoms with Crippen LogP contribution in [0.4, 0.5) is 0 Å². The van der Waals surface area contributed by atoms with Crippen LogP contribution in [0.2, 0.25) is 0 Å². The Labute approximate surface area is 133 Å². The monoisotopic (exact) mass is 310 g/mol. The molecule has 1 aliphatic carbocycles. The van der Waals surface area contributed by atoms with Crippen LogP contribution < -0.4 is 5.49 Å². The number of nitrogens with one attached hydrogen (secondary N) is 2. The molecule has 1 aliphatic heterocycles. The summed E-state index contributed by atoms with van der Waals surface area (Å²) in [6.07, 6.45) is 6.38. The standard InChI is InChI=1S/C17H18N4O2/c1-10(18)21-8-11(2-3-15(21)19)12-6-20-7-13-14(12)9-23-17(4-5-17)16(13)22/h2-3,6-8,16,18-19,22H,4-5,9H2,1H3. The molecule has 1 unspecified atom stereocenters. The second-order valence-corrected chi connectivity index (χ2v) is 6.27. The van der Waals surface area contributed by atoms with E-state index in [2.05, 4.69) is 4.98 Å². The normalized spacial score (nSPS) is 21.0. The van der Waals surface area contributed by atoms with Gasteiger partial charge in [-0.05, 0) is 37.5 Å². The maximum atomic E-state index is 10.6. The van der Waals surface area contributed by atoms with Gasteiger partial charge in [0.05, 0.1) is 12.2 Å². The van der Waals surface area contributed by atoms with E-state index in [9.17, 15) is 5.11 Å². The third-order valence-corrected chi connectivity index (χ3v) is 4.75. The van der Waals surface area contributed by atoms with Gasteiger partial charge in [0.15, 0.2) is 0 Å². The fourth-order valence-electron chi connectivity index (χ4n) is 3.21. The zero-order chi connectivity index (χ0) is 16.2. The number of ether oxygens (including phenoxy) is 1. The third kappa shape index (κ3) is 2.14. The largest absolute Gasteiger partial charge is 0.385 e. The Hall–Kier alpha value is -2.31.